The first-order valence-electron chi connectivity index (χ1n) is 13.6. The molecule has 0 unspecified atom stereocenters. The Kier molecular flexibility index (Phi) is 9.32. The van der Waals surface area contributed by atoms with Gasteiger partial charge >= 0.3 is 18.4 Å². The summed E-state index contributed by atoms with van der Waals surface area (Å²) in [7, 11) is 0. The molecule has 2 aromatic heterocycles. The van der Waals surface area contributed by atoms with Crippen molar-refractivity contribution in [2.45, 2.75) is 46.2 Å². The van der Waals surface area contributed by atoms with Crippen LogP contribution in [-0.4, -0.2) is 31.7 Å². The van der Waals surface area contributed by atoms with Crippen LogP contribution in [-0.2, 0) is 17.1 Å². The quantitative estimate of drug-likeness (QED) is 0.191. The van der Waals surface area contributed by atoms with Gasteiger partial charge in [-0.2, -0.15) is 41.2 Å². The topological polar surface area (TPSA) is 72.8 Å². The zero-order chi connectivity index (χ0) is 32.6. The first-order valence-corrected chi connectivity index (χ1v) is 13.6. The number of para-hydroxylation sites is 2. The van der Waals surface area contributed by atoms with Crippen molar-refractivity contribution in [2.24, 2.45) is 0 Å². The molecule has 4 aromatic carbocycles. The van der Waals surface area contributed by atoms with Gasteiger partial charge in [0.2, 0.25) is 0 Å². The highest BCUT2D eigenvalue weighted by Crippen LogP contribution is 2.35. The van der Waals surface area contributed by atoms with Crippen molar-refractivity contribution >= 4 is 27.9 Å². The summed E-state index contributed by atoms with van der Waals surface area (Å²) in [5.41, 5.74) is 0.650. The maximum Gasteiger partial charge on any atom is 0.435 e. The molecule has 0 atom stereocenters. The van der Waals surface area contributed by atoms with E-state index in [4.69, 9.17) is 4.74 Å². The Labute approximate surface area is 260 Å². The van der Waals surface area contributed by atoms with Crippen LogP contribution in [0.3, 0.4) is 0 Å². The minimum atomic E-state index is -4.46. The summed E-state index contributed by atoms with van der Waals surface area (Å²) in [4.78, 5) is 12.4. The number of aromatic nitrogens is 4. The van der Waals surface area contributed by atoms with Gasteiger partial charge in [0.15, 0.2) is 0 Å². The number of rotatable bonds is 2. The van der Waals surface area contributed by atoms with Gasteiger partial charge in [0.25, 0.3) is 0 Å². The van der Waals surface area contributed by atoms with E-state index in [2.05, 4.69) is 15.3 Å². The molecule has 0 fully saturated rings. The van der Waals surface area contributed by atoms with Crippen molar-refractivity contribution in [3.63, 3.8) is 0 Å². The standard InChI is InChI=1S/C19H17F3N2O2.C14H9F3N2.CH4/c1-18(2,3)26-17(25)24-15-10-5-4-9-14(15)16(23-24)12-7-6-8-13(11-12)19(20,21)22;15-14(16,17)10-5-3-4-9(8-10)13-11-6-1-2-7-12(11)18-19-13;/h4-11H,1-3H3;1-8H,(H,18,19);1H4. The molecule has 0 aliphatic rings. The van der Waals surface area contributed by atoms with Crippen LogP contribution in [0.25, 0.3) is 44.3 Å². The van der Waals surface area contributed by atoms with Crippen LogP contribution in [0.2, 0.25) is 0 Å². The van der Waals surface area contributed by atoms with Gasteiger partial charge in [-0.15, -0.1) is 0 Å². The molecule has 12 heteroatoms. The summed E-state index contributed by atoms with van der Waals surface area (Å²) in [6, 6.07) is 24.2. The molecular weight excluding hydrogens is 610 g/mol. The average molecular weight is 641 g/mol. The van der Waals surface area contributed by atoms with Crippen LogP contribution in [0.1, 0.15) is 39.3 Å². The number of hydrogen-bond donors (Lipinski definition) is 1. The second kappa shape index (κ2) is 12.7. The Morgan fingerprint density at radius 1 is 0.696 bits per heavy atom. The molecule has 6 aromatic rings. The van der Waals surface area contributed by atoms with Gasteiger partial charge < -0.3 is 4.74 Å². The Hall–Kier alpha value is -5.13. The van der Waals surface area contributed by atoms with E-state index in [1.807, 2.05) is 24.3 Å². The fourth-order valence-electron chi connectivity index (χ4n) is 4.59. The summed E-state index contributed by atoms with van der Waals surface area (Å²) in [5, 5.41) is 12.5. The van der Waals surface area contributed by atoms with Crippen molar-refractivity contribution in [1.82, 2.24) is 20.0 Å². The summed E-state index contributed by atoms with van der Waals surface area (Å²) < 4.78 is 83.6. The third-order valence-electron chi connectivity index (χ3n) is 6.55. The van der Waals surface area contributed by atoms with Gasteiger partial charge in [-0.1, -0.05) is 68.1 Å². The lowest BCUT2D eigenvalue weighted by molar-refractivity contribution is -0.138. The largest absolute Gasteiger partial charge is 0.442 e. The van der Waals surface area contributed by atoms with Crippen LogP contribution < -0.4 is 0 Å². The number of halogens is 6. The fraction of sp³-hybridized carbons (Fsp3) is 0.206. The first kappa shape index (κ1) is 33.8. The van der Waals surface area contributed by atoms with E-state index in [0.29, 0.717) is 22.2 Å². The molecule has 0 spiro atoms. The van der Waals surface area contributed by atoms with E-state index >= 15 is 0 Å². The zero-order valence-electron chi connectivity index (χ0n) is 24.2. The zero-order valence-corrected chi connectivity index (χ0v) is 24.2. The van der Waals surface area contributed by atoms with Gasteiger partial charge in [-0.05, 0) is 57.2 Å². The Balaban J connectivity index is 0.000000213. The van der Waals surface area contributed by atoms with Gasteiger partial charge in [-0.3, -0.25) is 5.10 Å². The Bertz CT molecular complexity index is 1980. The van der Waals surface area contributed by atoms with Crippen molar-refractivity contribution in [2.75, 3.05) is 0 Å². The molecule has 0 saturated heterocycles. The van der Waals surface area contributed by atoms with E-state index in [1.54, 1.807) is 51.1 Å². The number of H-pyrrole nitrogens is 1. The van der Waals surface area contributed by atoms with E-state index in [1.165, 1.54) is 18.2 Å². The molecule has 46 heavy (non-hydrogen) atoms. The Morgan fingerprint density at radius 2 is 1.22 bits per heavy atom. The molecule has 240 valence electrons. The molecule has 1 N–H and O–H groups in total. The predicted molar refractivity (Wildman–Crippen MR) is 165 cm³/mol. The van der Waals surface area contributed by atoms with Crippen molar-refractivity contribution < 1.29 is 35.9 Å². The van der Waals surface area contributed by atoms with Gasteiger partial charge in [0, 0.05) is 21.9 Å². The number of hydrogen-bond acceptors (Lipinski definition) is 4. The molecule has 0 amide bonds. The third-order valence-corrected chi connectivity index (χ3v) is 6.55. The van der Waals surface area contributed by atoms with Crippen LogP contribution in [0.4, 0.5) is 31.1 Å². The fourth-order valence-corrected chi connectivity index (χ4v) is 4.59. The van der Waals surface area contributed by atoms with Crippen molar-refractivity contribution in [3.05, 3.63) is 108 Å². The maximum absolute atomic E-state index is 13.0. The second-order valence-corrected chi connectivity index (χ2v) is 11.0. The number of nitrogens with one attached hydrogen (secondary N) is 1. The number of ether oxygens (including phenoxy) is 1. The van der Waals surface area contributed by atoms with Crippen LogP contribution in [0.5, 0.6) is 0 Å². The molecular formula is C34H30F6N4O2. The normalized spacial score (nSPS) is 11.9. The van der Waals surface area contributed by atoms with E-state index in [0.717, 1.165) is 39.9 Å². The maximum atomic E-state index is 13.0. The molecule has 0 saturated carbocycles. The van der Waals surface area contributed by atoms with Gasteiger partial charge in [-0.25, -0.2) is 4.79 Å². The van der Waals surface area contributed by atoms with Crippen molar-refractivity contribution in [1.29, 1.82) is 0 Å². The highest BCUT2D eigenvalue weighted by atomic mass is 19.4. The molecule has 0 radical (unpaired) electrons. The summed E-state index contributed by atoms with van der Waals surface area (Å²) >= 11 is 0. The molecule has 0 aliphatic heterocycles. The first-order chi connectivity index (χ1) is 21.1. The summed E-state index contributed by atoms with van der Waals surface area (Å²) in [6.45, 7) is 5.18. The predicted octanol–water partition coefficient (Wildman–Crippen LogP) is 10.4. The van der Waals surface area contributed by atoms with E-state index in [-0.39, 0.29) is 18.7 Å². The third kappa shape index (κ3) is 7.39. The lowest BCUT2D eigenvalue weighted by Gasteiger charge is -2.19. The molecule has 0 aliphatic carbocycles. The highest BCUT2D eigenvalue weighted by molar-refractivity contribution is 5.97. The van der Waals surface area contributed by atoms with Gasteiger partial charge in [0.05, 0.1) is 27.9 Å². The smallest absolute Gasteiger partial charge is 0.435 e. The van der Waals surface area contributed by atoms with E-state index < -0.39 is 35.2 Å². The number of benzene rings is 4. The number of nitrogens with zero attached hydrogens (tertiary/aromatic N) is 3. The van der Waals surface area contributed by atoms with Gasteiger partial charge in [0.1, 0.15) is 11.3 Å². The molecule has 6 nitrogen and oxygen atoms in total. The molecule has 0 bridgehead atoms. The number of carbonyl (C=O) groups is 1. The molecule has 2 heterocycles. The average Bonchev–Trinajstić information content (AvgIpc) is 3.58. The SMILES string of the molecule is C.CC(C)(C)OC(=O)n1nc(-c2cccc(C(F)(F)F)c2)c2ccccc21.FC(F)(F)c1cccc(-c2n[nH]c3ccccc23)c1. The Morgan fingerprint density at radius 3 is 1.78 bits per heavy atom. The number of carbonyl (C=O) groups excluding carboxylic acids is 1. The number of fused-ring (bicyclic) bond motifs is 2. The minimum Gasteiger partial charge on any atom is -0.442 e. The lowest BCUT2D eigenvalue weighted by Crippen LogP contribution is -2.27. The van der Waals surface area contributed by atoms with E-state index in [9.17, 15) is 31.1 Å². The molecule has 6 rings (SSSR count). The van der Waals surface area contributed by atoms with Crippen LogP contribution >= 0.6 is 0 Å². The van der Waals surface area contributed by atoms with Crippen molar-refractivity contribution in [3.8, 4) is 22.5 Å². The minimum absolute atomic E-state index is 0. The summed E-state index contributed by atoms with van der Waals surface area (Å²) in [5.74, 6) is 0. The second-order valence-electron chi connectivity index (χ2n) is 11.0. The monoisotopic (exact) mass is 640 g/mol. The summed E-state index contributed by atoms with van der Waals surface area (Å²) in [6.07, 6.45) is -9.49. The van der Waals surface area contributed by atoms with Crippen LogP contribution in [0.15, 0.2) is 97.1 Å². The number of aromatic amines is 1. The lowest BCUT2D eigenvalue weighted by atomic mass is 10.0. The number of alkyl halides is 6. The highest BCUT2D eigenvalue weighted by Gasteiger charge is 2.32. The van der Waals surface area contributed by atoms with Crippen LogP contribution in [0, 0.1) is 0 Å².